The third kappa shape index (κ3) is 2.41. The predicted molar refractivity (Wildman–Crippen MR) is 72.2 cm³/mol. The Kier molecular flexibility index (Phi) is 4.40. The summed E-state index contributed by atoms with van der Waals surface area (Å²) in [7, 11) is 0. The average molecular weight is 240 g/mol. The van der Waals surface area contributed by atoms with Gasteiger partial charge >= 0.3 is 0 Å². The highest BCUT2D eigenvalue weighted by Crippen LogP contribution is 2.38. The first-order valence-electron chi connectivity index (χ1n) is 5.93. The highest BCUT2D eigenvalue weighted by Gasteiger charge is 2.27. The van der Waals surface area contributed by atoms with Gasteiger partial charge in [-0.2, -0.15) is 0 Å². The third-order valence-corrected chi connectivity index (χ3v) is 3.73. The second kappa shape index (κ2) is 5.20. The van der Waals surface area contributed by atoms with Gasteiger partial charge in [0, 0.05) is 6.04 Å². The van der Waals surface area contributed by atoms with Gasteiger partial charge in [-0.25, -0.2) is 0 Å². The van der Waals surface area contributed by atoms with E-state index in [2.05, 4.69) is 32.9 Å². The first kappa shape index (κ1) is 13.5. The van der Waals surface area contributed by atoms with Gasteiger partial charge in [-0.15, -0.1) is 12.4 Å². The normalized spacial score (nSPS) is 17.5. The minimum atomic E-state index is 0. The Labute approximate surface area is 105 Å². The fourth-order valence-electron chi connectivity index (χ4n) is 2.75. The van der Waals surface area contributed by atoms with E-state index in [4.69, 9.17) is 5.73 Å². The van der Waals surface area contributed by atoms with Gasteiger partial charge in [0.2, 0.25) is 0 Å². The van der Waals surface area contributed by atoms with E-state index in [9.17, 15) is 0 Å². The van der Waals surface area contributed by atoms with Crippen molar-refractivity contribution < 1.29 is 0 Å². The standard InChI is InChI=1S/C14H21N.ClH/c1-9-7-10(2)13(11(3)8-9)14(15)12-5-4-6-12;/h7-8,12,14H,4-6,15H2,1-3H3;1H/t14-;/m1./s1. The molecule has 16 heavy (non-hydrogen) atoms. The summed E-state index contributed by atoms with van der Waals surface area (Å²) in [5, 5.41) is 0. The first-order valence-corrected chi connectivity index (χ1v) is 5.93. The molecule has 0 aliphatic heterocycles. The SMILES string of the molecule is Cc1cc(C)c([C@H](N)C2CCC2)c(C)c1.Cl. The lowest BCUT2D eigenvalue weighted by atomic mass is 9.75. The number of rotatable bonds is 2. The lowest BCUT2D eigenvalue weighted by molar-refractivity contribution is 0.263. The van der Waals surface area contributed by atoms with Crippen LogP contribution in [0.15, 0.2) is 12.1 Å². The summed E-state index contributed by atoms with van der Waals surface area (Å²) in [6, 6.07) is 4.76. The van der Waals surface area contributed by atoms with Gasteiger partial charge in [0.05, 0.1) is 0 Å². The van der Waals surface area contributed by atoms with E-state index in [-0.39, 0.29) is 18.4 Å². The Bertz CT molecular complexity index is 346. The summed E-state index contributed by atoms with van der Waals surface area (Å²) in [5.41, 5.74) is 11.8. The van der Waals surface area contributed by atoms with Gasteiger partial charge < -0.3 is 5.73 Å². The number of halogens is 1. The van der Waals surface area contributed by atoms with Crippen molar-refractivity contribution in [2.45, 2.75) is 46.1 Å². The topological polar surface area (TPSA) is 26.0 Å². The molecule has 1 fully saturated rings. The number of nitrogens with two attached hydrogens (primary N) is 1. The molecular formula is C14H22ClN. The molecule has 2 rings (SSSR count). The van der Waals surface area contributed by atoms with Gasteiger partial charge in [0.15, 0.2) is 0 Å². The minimum Gasteiger partial charge on any atom is -0.324 e. The molecule has 1 aliphatic rings. The number of aryl methyl sites for hydroxylation is 3. The Morgan fingerprint density at radius 3 is 2.00 bits per heavy atom. The fourth-order valence-corrected chi connectivity index (χ4v) is 2.75. The molecule has 1 nitrogen and oxygen atoms in total. The minimum absolute atomic E-state index is 0. The van der Waals surface area contributed by atoms with E-state index in [1.54, 1.807) is 0 Å². The van der Waals surface area contributed by atoms with Crippen LogP contribution in [0.4, 0.5) is 0 Å². The number of hydrogen-bond acceptors (Lipinski definition) is 1. The molecule has 90 valence electrons. The molecule has 0 aromatic heterocycles. The van der Waals surface area contributed by atoms with Crippen molar-refractivity contribution in [1.29, 1.82) is 0 Å². The van der Waals surface area contributed by atoms with Crippen LogP contribution in [0.5, 0.6) is 0 Å². The van der Waals surface area contributed by atoms with Gasteiger partial charge in [-0.1, -0.05) is 24.1 Å². The second-order valence-corrected chi connectivity index (χ2v) is 5.03. The number of benzene rings is 1. The lowest BCUT2D eigenvalue weighted by Crippen LogP contribution is -2.28. The Hall–Kier alpha value is -0.530. The molecule has 1 aromatic rings. The number of hydrogen-bond donors (Lipinski definition) is 1. The monoisotopic (exact) mass is 239 g/mol. The van der Waals surface area contributed by atoms with Gasteiger partial charge in [-0.3, -0.25) is 0 Å². The zero-order valence-electron chi connectivity index (χ0n) is 10.4. The highest BCUT2D eigenvalue weighted by molar-refractivity contribution is 5.85. The molecule has 2 heteroatoms. The van der Waals surface area contributed by atoms with Crippen molar-refractivity contribution in [3.05, 3.63) is 34.4 Å². The van der Waals surface area contributed by atoms with Crippen molar-refractivity contribution in [3.63, 3.8) is 0 Å². The molecule has 0 heterocycles. The van der Waals surface area contributed by atoms with E-state index in [1.807, 2.05) is 0 Å². The quantitative estimate of drug-likeness (QED) is 0.834. The fraction of sp³-hybridized carbons (Fsp3) is 0.571. The maximum atomic E-state index is 6.35. The summed E-state index contributed by atoms with van der Waals surface area (Å²) in [5.74, 6) is 0.727. The van der Waals surface area contributed by atoms with Gasteiger partial charge in [0.25, 0.3) is 0 Å². The summed E-state index contributed by atoms with van der Waals surface area (Å²) < 4.78 is 0. The summed E-state index contributed by atoms with van der Waals surface area (Å²) >= 11 is 0. The van der Waals surface area contributed by atoms with E-state index >= 15 is 0 Å². The maximum absolute atomic E-state index is 6.35. The third-order valence-electron chi connectivity index (χ3n) is 3.73. The molecule has 0 saturated heterocycles. The van der Waals surface area contributed by atoms with Crippen LogP contribution in [0.2, 0.25) is 0 Å². The van der Waals surface area contributed by atoms with Gasteiger partial charge in [-0.05, 0) is 56.2 Å². The van der Waals surface area contributed by atoms with E-state index in [0.717, 1.165) is 5.92 Å². The van der Waals surface area contributed by atoms with Crippen molar-refractivity contribution >= 4 is 12.4 Å². The molecule has 1 aliphatic carbocycles. The van der Waals surface area contributed by atoms with Crippen LogP contribution in [0.1, 0.15) is 47.6 Å². The van der Waals surface area contributed by atoms with Crippen LogP contribution in [-0.4, -0.2) is 0 Å². The zero-order valence-corrected chi connectivity index (χ0v) is 11.2. The molecule has 0 radical (unpaired) electrons. The van der Waals surface area contributed by atoms with Crippen molar-refractivity contribution in [2.75, 3.05) is 0 Å². The molecule has 0 unspecified atom stereocenters. The molecule has 0 bridgehead atoms. The Morgan fingerprint density at radius 2 is 1.62 bits per heavy atom. The molecule has 0 spiro atoms. The van der Waals surface area contributed by atoms with Crippen LogP contribution in [0.25, 0.3) is 0 Å². The summed E-state index contributed by atoms with van der Waals surface area (Å²) in [6.07, 6.45) is 3.99. The average Bonchev–Trinajstić information content (AvgIpc) is 1.97. The zero-order chi connectivity index (χ0) is 11.0. The largest absolute Gasteiger partial charge is 0.324 e. The maximum Gasteiger partial charge on any atom is 0.0328 e. The molecule has 2 N–H and O–H groups in total. The van der Waals surface area contributed by atoms with Crippen molar-refractivity contribution in [1.82, 2.24) is 0 Å². The van der Waals surface area contributed by atoms with Crippen LogP contribution in [0, 0.1) is 26.7 Å². The smallest absolute Gasteiger partial charge is 0.0328 e. The highest BCUT2D eigenvalue weighted by atomic mass is 35.5. The molecule has 1 aromatic carbocycles. The summed E-state index contributed by atoms with van der Waals surface area (Å²) in [6.45, 7) is 6.53. The first-order chi connectivity index (χ1) is 7.09. The lowest BCUT2D eigenvalue weighted by Gasteiger charge is -2.33. The van der Waals surface area contributed by atoms with Crippen LogP contribution in [0.3, 0.4) is 0 Å². The van der Waals surface area contributed by atoms with Crippen LogP contribution >= 0.6 is 12.4 Å². The molecular weight excluding hydrogens is 218 g/mol. The van der Waals surface area contributed by atoms with Crippen molar-refractivity contribution in [2.24, 2.45) is 11.7 Å². The molecule has 0 amide bonds. The van der Waals surface area contributed by atoms with Crippen molar-refractivity contribution in [3.8, 4) is 0 Å². The van der Waals surface area contributed by atoms with Crippen LogP contribution < -0.4 is 5.73 Å². The van der Waals surface area contributed by atoms with E-state index in [0.29, 0.717) is 0 Å². The molecule has 1 saturated carbocycles. The predicted octanol–water partition coefficient (Wildman–Crippen LogP) is 3.83. The van der Waals surface area contributed by atoms with Gasteiger partial charge in [0.1, 0.15) is 0 Å². The second-order valence-electron chi connectivity index (χ2n) is 5.03. The van der Waals surface area contributed by atoms with Crippen LogP contribution in [-0.2, 0) is 0 Å². The van der Waals surface area contributed by atoms with E-state index in [1.165, 1.54) is 41.5 Å². The molecule has 1 atom stereocenters. The Balaban J connectivity index is 0.00000128. The van der Waals surface area contributed by atoms with E-state index < -0.39 is 0 Å². The summed E-state index contributed by atoms with van der Waals surface area (Å²) in [4.78, 5) is 0. The Morgan fingerprint density at radius 1 is 1.12 bits per heavy atom.